The van der Waals surface area contributed by atoms with Gasteiger partial charge in [0.1, 0.15) is 5.92 Å². The van der Waals surface area contributed by atoms with Crippen molar-refractivity contribution in [2.24, 2.45) is 5.92 Å². The van der Waals surface area contributed by atoms with Gasteiger partial charge in [0.15, 0.2) is 11.5 Å². The first-order valence-electron chi connectivity index (χ1n) is 4.73. The molecule has 0 spiro atoms. The van der Waals surface area contributed by atoms with E-state index in [1.807, 2.05) is 12.1 Å². The van der Waals surface area contributed by atoms with Gasteiger partial charge in [-0.25, -0.2) is 0 Å². The fourth-order valence-electron chi connectivity index (χ4n) is 1.48. The Morgan fingerprint density at radius 2 is 1.80 bits per heavy atom. The number of para-hydroxylation sites is 2. The molecule has 4 heteroatoms. The molecule has 0 bridgehead atoms. The summed E-state index contributed by atoms with van der Waals surface area (Å²) >= 11 is 0. The Hall–Kier alpha value is -1.71. The minimum absolute atomic E-state index is 0.591. The highest BCUT2D eigenvalue weighted by Gasteiger charge is 2.45. The maximum absolute atomic E-state index is 10.9. The molecular formula is C11H12O4. The van der Waals surface area contributed by atoms with Crippen LogP contribution in [-0.2, 0) is 4.79 Å². The maximum Gasteiger partial charge on any atom is 0.314 e. The number of carboxylic acids is 1. The number of rotatable bonds is 2. The molecule has 1 heterocycles. The third-order valence-corrected chi connectivity index (χ3v) is 2.63. The Morgan fingerprint density at radius 3 is 2.20 bits per heavy atom. The van der Waals surface area contributed by atoms with Gasteiger partial charge in [0, 0.05) is 6.92 Å². The Labute approximate surface area is 87.4 Å². The van der Waals surface area contributed by atoms with E-state index in [4.69, 9.17) is 14.6 Å². The highest BCUT2D eigenvalue weighted by Crippen LogP contribution is 2.41. The average molecular weight is 208 g/mol. The van der Waals surface area contributed by atoms with Gasteiger partial charge in [-0.15, -0.1) is 0 Å². The number of fused-ring (bicyclic) bond motifs is 1. The third-order valence-electron chi connectivity index (χ3n) is 2.63. The molecule has 0 saturated heterocycles. The molecule has 1 aliphatic heterocycles. The molecule has 1 aliphatic rings. The first-order valence-corrected chi connectivity index (χ1v) is 4.73. The maximum atomic E-state index is 10.9. The van der Waals surface area contributed by atoms with Crippen molar-refractivity contribution in [1.82, 2.24) is 0 Å². The third kappa shape index (κ3) is 1.52. The average Bonchev–Trinajstić information content (AvgIpc) is 2.54. The van der Waals surface area contributed by atoms with Crippen molar-refractivity contribution in [3.05, 3.63) is 24.3 Å². The van der Waals surface area contributed by atoms with Crippen molar-refractivity contribution in [2.75, 3.05) is 0 Å². The predicted molar refractivity (Wildman–Crippen MR) is 52.9 cm³/mol. The van der Waals surface area contributed by atoms with Crippen molar-refractivity contribution < 1.29 is 19.4 Å². The zero-order valence-electron chi connectivity index (χ0n) is 8.56. The Bertz CT molecular complexity index is 374. The molecule has 0 fully saturated rings. The minimum Gasteiger partial charge on any atom is -0.481 e. The normalized spacial score (nSPS) is 18.5. The number of hydrogen-bond acceptors (Lipinski definition) is 3. The summed E-state index contributed by atoms with van der Waals surface area (Å²) in [5.41, 5.74) is 0. The highest BCUT2D eigenvalue weighted by atomic mass is 16.7. The number of aliphatic carboxylic acids is 1. The lowest BCUT2D eigenvalue weighted by atomic mass is 10.0. The highest BCUT2D eigenvalue weighted by molar-refractivity contribution is 5.71. The summed E-state index contributed by atoms with van der Waals surface area (Å²) in [5, 5.41) is 8.93. The van der Waals surface area contributed by atoms with E-state index in [9.17, 15) is 4.79 Å². The van der Waals surface area contributed by atoms with Gasteiger partial charge in [-0.3, -0.25) is 4.79 Å². The van der Waals surface area contributed by atoms with Crippen LogP contribution in [0.2, 0.25) is 0 Å². The van der Waals surface area contributed by atoms with Gasteiger partial charge in [0.2, 0.25) is 0 Å². The Balaban J connectivity index is 2.28. The smallest absolute Gasteiger partial charge is 0.314 e. The molecule has 4 nitrogen and oxygen atoms in total. The summed E-state index contributed by atoms with van der Waals surface area (Å²) in [7, 11) is 0. The van der Waals surface area contributed by atoms with E-state index in [2.05, 4.69) is 0 Å². The summed E-state index contributed by atoms with van der Waals surface area (Å²) in [6.45, 7) is 3.19. The molecule has 2 rings (SSSR count). The van der Waals surface area contributed by atoms with Crippen molar-refractivity contribution in [1.29, 1.82) is 0 Å². The monoisotopic (exact) mass is 208 g/mol. The largest absolute Gasteiger partial charge is 0.481 e. The van der Waals surface area contributed by atoms with Crippen LogP contribution in [0.1, 0.15) is 13.8 Å². The predicted octanol–water partition coefficient (Wildman–Crippen LogP) is 1.89. The van der Waals surface area contributed by atoms with E-state index in [-0.39, 0.29) is 0 Å². The molecule has 1 N–H and O–H groups in total. The van der Waals surface area contributed by atoms with Gasteiger partial charge in [-0.2, -0.15) is 0 Å². The number of benzene rings is 1. The zero-order valence-corrected chi connectivity index (χ0v) is 8.56. The Morgan fingerprint density at radius 1 is 1.33 bits per heavy atom. The van der Waals surface area contributed by atoms with Crippen LogP contribution in [0.3, 0.4) is 0 Å². The van der Waals surface area contributed by atoms with Crippen LogP contribution in [0, 0.1) is 5.92 Å². The van der Waals surface area contributed by atoms with Gasteiger partial charge >= 0.3 is 5.97 Å². The summed E-state index contributed by atoms with van der Waals surface area (Å²) < 4.78 is 11.0. The second-order valence-electron chi connectivity index (χ2n) is 3.73. The lowest BCUT2D eigenvalue weighted by Gasteiger charge is -2.26. The molecule has 0 radical (unpaired) electrons. The van der Waals surface area contributed by atoms with Crippen LogP contribution >= 0.6 is 0 Å². The minimum atomic E-state index is -1.12. The van der Waals surface area contributed by atoms with Crippen molar-refractivity contribution in [3.8, 4) is 11.5 Å². The first kappa shape index (κ1) is 9.83. The van der Waals surface area contributed by atoms with Gasteiger partial charge in [-0.1, -0.05) is 12.1 Å². The molecule has 0 aromatic heterocycles. The molecule has 15 heavy (non-hydrogen) atoms. The first-order chi connectivity index (χ1) is 7.03. The summed E-state index contributed by atoms with van der Waals surface area (Å²) in [5.74, 6) is -1.60. The molecule has 0 aliphatic carbocycles. The van der Waals surface area contributed by atoms with E-state index in [0.717, 1.165) is 0 Å². The molecule has 1 unspecified atom stereocenters. The van der Waals surface area contributed by atoms with E-state index in [1.165, 1.54) is 0 Å². The standard InChI is InChI=1S/C11H12O4/c1-7(10(12)13)11(2)14-8-5-3-4-6-9(8)15-11/h3-7H,1-2H3,(H,12,13). The number of ether oxygens (including phenoxy) is 2. The van der Waals surface area contributed by atoms with Crippen LogP contribution in [0.15, 0.2) is 24.3 Å². The molecule has 1 atom stereocenters. The molecule has 1 aromatic carbocycles. The number of hydrogen-bond donors (Lipinski definition) is 1. The lowest BCUT2D eigenvalue weighted by molar-refractivity contribution is -0.163. The van der Waals surface area contributed by atoms with Crippen molar-refractivity contribution in [3.63, 3.8) is 0 Å². The fraction of sp³-hybridized carbons (Fsp3) is 0.364. The lowest BCUT2D eigenvalue weighted by Crippen LogP contribution is -2.45. The SMILES string of the molecule is CC(C(=O)O)C1(C)Oc2ccccc2O1. The van der Waals surface area contributed by atoms with E-state index in [1.54, 1.807) is 26.0 Å². The van der Waals surface area contributed by atoms with Gasteiger partial charge < -0.3 is 14.6 Å². The second kappa shape index (κ2) is 3.15. The van der Waals surface area contributed by atoms with Crippen molar-refractivity contribution >= 4 is 5.97 Å². The van der Waals surface area contributed by atoms with Crippen LogP contribution in [0.5, 0.6) is 11.5 Å². The van der Waals surface area contributed by atoms with Crippen LogP contribution in [0.4, 0.5) is 0 Å². The number of carboxylic acid groups (broad SMARTS) is 1. The van der Waals surface area contributed by atoms with E-state index < -0.39 is 17.7 Å². The second-order valence-corrected chi connectivity index (χ2v) is 3.73. The molecule has 0 amide bonds. The fourth-order valence-corrected chi connectivity index (χ4v) is 1.48. The van der Waals surface area contributed by atoms with E-state index >= 15 is 0 Å². The van der Waals surface area contributed by atoms with Crippen LogP contribution in [-0.4, -0.2) is 16.9 Å². The summed E-state index contributed by atoms with van der Waals surface area (Å²) in [6.07, 6.45) is 0. The van der Waals surface area contributed by atoms with Gasteiger partial charge in [0.05, 0.1) is 0 Å². The quantitative estimate of drug-likeness (QED) is 0.806. The topological polar surface area (TPSA) is 55.8 Å². The molecule has 1 aromatic rings. The molecule has 0 saturated carbocycles. The van der Waals surface area contributed by atoms with Gasteiger partial charge in [0.25, 0.3) is 5.79 Å². The summed E-state index contributed by atoms with van der Waals surface area (Å²) in [6, 6.07) is 7.16. The zero-order chi connectivity index (χ0) is 11.1. The number of carbonyl (C=O) groups is 1. The van der Waals surface area contributed by atoms with Gasteiger partial charge in [-0.05, 0) is 19.1 Å². The summed E-state index contributed by atoms with van der Waals surface area (Å²) in [4.78, 5) is 10.9. The Kier molecular flexibility index (Phi) is 2.07. The molecule has 80 valence electrons. The van der Waals surface area contributed by atoms with E-state index in [0.29, 0.717) is 11.5 Å². The van der Waals surface area contributed by atoms with Crippen molar-refractivity contribution in [2.45, 2.75) is 19.6 Å². The van der Waals surface area contributed by atoms with Crippen LogP contribution in [0.25, 0.3) is 0 Å². The van der Waals surface area contributed by atoms with Crippen LogP contribution < -0.4 is 9.47 Å². The molecular weight excluding hydrogens is 196 g/mol.